The highest BCUT2D eigenvalue weighted by molar-refractivity contribution is 4.82. The first-order valence-electron chi connectivity index (χ1n) is 5.21. The van der Waals surface area contributed by atoms with Gasteiger partial charge in [0.15, 0.2) is 0 Å². The van der Waals surface area contributed by atoms with E-state index >= 15 is 0 Å². The summed E-state index contributed by atoms with van der Waals surface area (Å²) < 4.78 is 0. The van der Waals surface area contributed by atoms with Crippen molar-refractivity contribution in [3.63, 3.8) is 0 Å². The molecule has 73 valence electrons. The molecule has 0 aliphatic rings. The average Bonchev–Trinajstić information content (AvgIpc) is 2.16. The van der Waals surface area contributed by atoms with Crippen LogP contribution in [0, 0.1) is 6.58 Å². The van der Waals surface area contributed by atoms with Crippen LogP contribution in [-0.2, 0) is 0 Å². The molecule has 0 nitrogen and oxygen atoms in total. The van der Waals surface area contributed by atoms with Crippen molar-refractivity contribution >= 4 is 0 Å². The van der Waals surface area contributed by atoms with Crippen molar-refractivity contribution in [3.8, 4) is 0 Å². The van der Waals surface area contributed by atoms with Gasteiger partial charge in [-0.2, -0.15) is 0 Å². The number of rotatable bonds is 9. The Morgan fingerprint density at radius 1 is 0.846 bits per heavy atom. The Bertz CT molecular complexity index is 142. The lowest BCUT2D eigenvalue weighted by molar-refractivity contribution is 0.758. The number of hydrogen-bond donors (Lipinski definition) is 0. The van der Waals surface area contributed by atoms with Gasteiger partial charge in [0, 0.05) is 0 Å². The molecule has 0 saturated heterocycles. The summed E-state index contributed by atoms with van der Waals surface area (Å²) in [5.74, 6) is 0. The normalized spacial score (nSPS) is 10.5. The van der Waals surface area contributed by atoms with E-state index in [1.807, 2.05) is 6.08 Å². The maximum Gasteiger partial charge on any atom is -0.0347 e. The summed E-state index contributed by atoms with van der Waals surface area (Å²) >= 11 is 0. The molecule has 0 aromatic rings. The van der Waals surface area contributed by atoms with Crippen molar-refractivity contribution in [2.24, 2.45) is 0 Å². The number of unbranched alkanes of at least 4 members (excludes halogenated alkanes) is 5. The zero-order valence-electron chi connectivity index (χ0n) is 8.54. The molecule has 0 atom stereocenters. The smallest absolute Gasteiger partial charge is 0.0347 e. The van der Waals surface area contributed by atoms with E-state index in [-0.39, 0.29) is 0 Å². The standard InChI is InChI=1S/C13H21/c1-3-5-7-9-11-13-12-10-8-6-4-2/h1,3-4,12-13H,2,5-11H2. The van der Waals surface area contributed by atoms with Gasteiger partial charge in [0.1, 0.15) is 0 Å². The van der Waals surface area contributed by atoms with E-state index in [2.05, 4.69) is 18.7 Å². The molecule has 0 bridgehead atoms. The summed E-state index contributed by atoms with van der Waals surface area (Å²) in [5, 5.41) is 0. The van der Waals surface area contributed by atoms with Crippen LogP contribution in [0.5, 0.6) is 0 Å². The lowest BCUT2D eigenvalue weighted by Crippen LogP contribution is -1.72. The van der Waals surface area contributed by atoms with Gasteiger partial charge in [-0.15, -0.1) is 6.58 Å². The van der Waals surface area contributed by atoms with Gasteiger partial charge in [-0.05, 0) is 44.9 Å². The molecule has 0 aromatic heterocycles. The first kappa shape index (κ1) is 12.2. The van der Waals surface area contributed by atoms with Crippen LogP contribution in [0.15, 0.2) is 30.9 Å². The Balaban J connectivity index is 3.02. The zero-order chi connectivity index (χ0) is 9.78. The second-order valence-electron chi connectivity index (χ2n) is 3.21. The minimum atomic E-state index is 1.05. The molecule has 0 aromatic carbocycles. The Morgan fingerprint density at radius 3 is 2.08 bits per heavy atom. The van der Waals surface area contributed by atoms with E-state index in [9.17, 15) is 0 Å². The number of hydrogen-bond acceptors (Lipinski definition) is 0. The Kier molecular flexibility index (Phi) is 10.5. The number of allylic oxidation sites excluding steroid dienone is 4. The molecular weight excluding hydrogens is 156 g/mol. The summed E-state index contributed by atoms with van der Waals surface area (Å²) in [6.07, 6.45) is 16.5. The van der Waals surface area contributed by atoms with Gasteiger partial charge in [0.25, 0.3) is 0 Å². The highest BCUT2D eigenvalue weighted by atomic mass is 13.9. The Labute approximate surface area is 83.0 Å². The fourth-order valence-corrected chi connectivity index (χ4v) is 1.14. The minimum absolute atomic E-state index is 1.05. The van der Waals surface area contributed by atoms with Crippen molar-refractivity contribution < 1.29 is 0 Å². The molecule has 13 heavy (non-hydrogen) atoms. The summed E-state index contributed by atoms with van der Waals surface area (Å²) in [4.78, 5) is 0. The van der Waals surface area contributed by atoms with Crippen molar-refractivity contribution in [2.45, 2.75) is 44.9 Å². The Morgan fingerprint density at radius 2 is 1.46 bits per heavy atom. The first-order chi connectivity index (χ1) is 6.41. The van der Waals surface area contributed by atoms with Crippen LogP contribution >= 0.6 is 0 Å². The van der Waals surface area contributed by atoms with Crippen LogP contribution in [-0.4, -0.2) is 0 Å². The molecule has 0 fully saturated rings. The van der Waals surface area contributed by atoms with E-state index in [0.29, 0.717) is 0 Å². The van der Waals surface area contributed by atoms with Crippen LogP contribution in [0.2, 0.25) is 0 Å². The van der Waals surface area contributed by atoms with Crippen LogP contribution in [0.1, 0.15) is 44.9 Å². The fraction of sp³-hybridized carbons (Fsp3) is 0.538. The average molecular weight is 177 g/mol. The highest BCUT2D eigenvalue weighted by Gasteiger charge is 1.83. The Hall–Kier alpha value is -0.780. The van der Waals surface area contributed by atoms with Crippen molar-refractivity contribution in [1.82, 2.24) is 0 Å². The second-order valence-corrected chi connectivity index (χ2v) is 3.21. The lowest BCUT2D eigenvalue weighted by Gasteiger charge is -1.92. The highest BCUT2D eigenvalue weighted by Crippen LogP contribution is 2.03. The van der Waals surface area contributed by atoms with Gasteiger partial charge >= 0.3 is 0 Å². The minimum Gasteiger partial charge on any atom is -0.103 e. The predicted molar refractivity (Wildman–Crippen MR) is 60.5 cm³/mol. The van der Waals surface area contributed by atoms with Crippen molar-refractivity contribution in [1.29, 1.82) is 0 Å². The monoisotopic (exact) mass is 177 g/mol. The second kappa shape index (κ2) is 11.2. The van der Waals surface area contributed by atoms with Crippen LogP contribution in [0.4, 0.5) is 0 Å². The molecule has 0 amide bonds. The molecule has 0 N–H and O–H groups in total. The maximum absolute atomic E-state index is 5.27. The molecule has 0 aliphatic heterocycles. The topological polar surface area (TPSA) is 0 Å². The van der Waals surface area contributed by atoms with Crippen molar-refractivity contribution in [3.05, 3.63) is 37.5 Å². The molecule has 0 unspecified atom stereocenters. The van der Waals surface area contributed by atoms with Gasteiger partial charge < -0.3 is 0 Å². The van der Waals surface area contributed by atoms with E-state index in [4.69, 9.17) is 6.58 Å². The predicted octanol–water partition coefficient (Wildman–Crippen LogP) is 4.45. The van der Waals surface area contributed by atoms with Crippen LogP contribution in [0.25, 0.3) is 0 Å². The molecule has 1 radical (unpaired) electrons. The van der Waals surface area contributed by atoms with Crippen LogP contribution < -0.4 is 0 Å². The first-order valence-corrected chi connectivity index (χ1v) is 5.21. The van der Waals surface area contributed by atoms with E-state index in [1.165, 1.54) is 32.1 Å². The molecule has 0 heteroatoms. The largest absolute Gasteiger partial charge is 0.103 e. The summed E-state index contributed by atoms with van der Waals surface area (Å²) in [6, 6.07) is 0. The summed E-state index contributed by atoms with van der Waals surface area (Å²) in [5.41, 5.74) is 0. The van der Waals surface area contributed by atoms with Crippen LogP contribution in [0.3, 0.4) is 0 Å². The molecule has 0 heterocycles. The fourth-order valence-electron chi connectivity index (χ4n) is 1.14. The quantitative estimate of drug-likeness (QED) is 0.360. The third-order valence-electron chi connectivity index (χ3n) is 1.94. The van der Waals surface area contributed by atoms with E-state index < -0.39 is 0 Å². The molecule has 0 saturated carbocycles. The molecular formula is C13H21. The van der Waals surface area contributed by atoms with Crippen molar-refractivity contribution in [2.75, 3.05) is 0 Å². The molecule has 0 aliphatic carbocycles. The third-order valence-corrected chi connectivity index (χ3v) is 1.94. The molecule has 0 spiro atoms. The maximum atomic E-state index is 5.27. The van der Waals surface area contributed by atoms with Gasteiger partial charge in [-0.3, -0.25) is 0 Å². The summed E-state index contributed by atoms with van der Waals surface area (Å²) in [7, 11) is 0. The zero-order valence-corrected chi connectivity index (χ0v) is 8.54. The van der Waals surface area contributed by atoms with Gasteiger partial charge in [-0.1, -0.05) is 30.9 Å². The van der Waals surface area contributed by atoms with Gasteiger partial charge in [-0.25, -0.2) is 0 Å². The summed E-state index contributed by atoms with van der Waals surface area (Å²) in [6.45, 7) is 8.96. The third kappa shape index (κ3) is 11.2. The van der Waals surface area contributed by atoms with E-state index in [1.54, 1.807) is 6.08 Å². The van der Waals surface area contributed by atoms with Gasteiger partial charge in [0.05, 0.1) is 0 Å². The molecule has 0 rings (SSSR count). The lowest BCUT2D eigenvalue weighted by atomic mass is 10.1. The van der Waals surface area contributed by atoms with E-state index in [0.717, 1.165) is 12.8 Å². The van der Waals surface area contributed by atoms with Gasteiger partial charge in [0.2, 0.25) is 0 Å². The SMILES string of the molecule is [CH]=CCCCCC=CCCCC=C.